The second-order valence-electron chi connectivity index (χ2n) is 6.13. The molecule has 1 fully saturated rings. The average Bonchev–Trinajstić information content (AvgIpc) is 2.49. The van der Waals surface area contributed by atoms with Crippen molar-refractivity contribution in [3.05, 3.63) is 35.4 Å². The maximum atomic E-state index is 12.7. The van der Waals surface area contributed by atoms with Crippen LogP contribution in [0.15, 0.2) is 24.3 Å². The number of rotatable bonds is 2. The summed E-state index contributed by atoms with van der Waals surface area (Å²) in [4.78, 5) is 26.4. The first-order valence-corrected chi connectivity index (χ1v) is 7.80. The number of benzene rings is 1. The van der Waals surface area contributed by atoms with Crippen LogP contribution >= 0.6 is 0 Å². The van der Waals surface area contributed by atoms with Gasteiger partial charge in [0.05, 0.1) is 6.42 Å². The Bertz CT molecular complexity index is 549. The number of carbonyl (C=O) groups is 2. The zero-order valence-corrected chi connectivity index (χ0v) is 12.5. The molecule has 1 saturated carbocycles. The Morgan fingerprint density at radius 1 is 1.19 bits per heavy atom. The molecule has 0 radical (unpaired) electrons. The first kappa shape index (κ1) is 14.1. The minimum Gasteiger partial charge on any atom is -0.351 e. The van der Waals surface area contributed by atoms with Gasteiger partial charge in [-0.05, 0) is 24.0 Å². The van der Waals surface area contributed by atoms with Crippen LogP contribution in [-0.2, 0) is 16.0 Å². The molecule has 1 aliphatic carbocycles. The van der Waals surface area contributed by atoms with Crippen molar-refractivity contribution in [2.75, 3.05) is 7.05 Å². The van der Waals surface area contributed by atoms with Gasteiger partial charge in [0, 0.05) is 13.1 Å². The van der Waals surface area contributed by atoms with Crippen LogP contribution in [0.1, 0.15) is 49.3 Å². The van der Waals surface area contributed by atoms with E-state index < -0.39 is 6.04 Å². The number of carbonyl (C=O) groups excluding carboxylic acids is 2. The molecule has 2 aliphatic rings. The van der Waals surface area contributed by atoms with Crippen LogP contribution < -0.4 is 5.32 Å². The molecule has 2 amide bonds. The zero-order chi connectivity index (χ0) is 14.8. The number of likely N-dealkylation sites (N-methyl/N-ethyl adjacent to an activating group) is 1. The number of fused-ring (bicyclic) bond motifs is 1. The van der Waals surface area contributed by atoms with E-state index in [0.717, 1.165) is 24.0 Å². The van der Waals surface area contributed by atoms with Gasteiger partial charge in [-0.3, -0.25) is 9.59 Å². The summed E-state index contributed by atoms with van der Waals surface area (Å²) in [5.74, 6) is -0.0256. The zero-order valence-electron chi connectivity index (χ0n) is 12.5. The summed E-state index contributed by atoms with van der Waals surface area (Å²) in [6, 6.07) is 7.55. The van der Waals surface area contributed by atoms with Crippen molar-refractivity contribution in [2.24, 2.45) is 0 Å². The molecular weight excluding hydrogens is 264 g/mol. The van der Waals surface area contributed by atoms with E-state index in [1.807, 2.05) is 24.3 Å². The van der Waals surface area contributed by atoms with Crippen LogP contribution in [0, 0.1) is 0 Å². The van der Waals surface area contributed by atoms with E-state index >= 15 is 0 Å². The summed E-state index contributed by atoms with van der Waals surface area (Å²) >= 11 is 0. The lowest BCUT2D eigenvalue weighted by Crippen LogP contribution is -2.48. The van der Waals surface area contributed by atoms with Crippen LogP contribution in [0.5, 0.6) is 0 Å². The molecule has 1 unspecified atom stereocenters. The number of nitrogens with zero attached hydrogens (tertiary/aromatic N) is 1. The van der Waals surface area contributed by atoms with E-state index in [0.29, 0.717) is 6.42 Å². The fourth-order valence-corrected chi connectivity index (χ4v) is 3.45. The fourth-order valence-electron chi connectivity index (χ4n) is 3.45. The molecule has 4 heteroatoms. The van der Waals surface area contributed by atoms with Crippen molar-refractivity contribution in [3.63, 3.8) is 0 Å². The smallest absolute Gasteiger partial charge is 0.247 e. The molecule has 0 spiro atoms. The third kappa shape index (κ3) is 2.80. The van der Waals surface area contributed by atoms with Gasteiger partial charge in [0.25, 0.3) is 0 Å². The highest BCUT2D eigenvalue weighted by Gasteiger charge is 2.35. The molecule has 1 heterocycles. The van der Waals surface area contributed by atoms with Gasteiger partial charge in [0.1, 0.15) is 6.04 Å². The van der Waals surface area contributed by atoms with E-state index in [9.17, 15) is 9.59 Å². The first-order valence-electron chi connectivity index (χ1n) is 7.80. The molecule has 112 valence electrons. The molecule has 1 aromatic rings. The summed E-state index contributed by atoms with van der Waals surface area (Å²) < 4.78 is 0. The molecule has 1 atom stereocenters. The van der Waals surface area contributed by atoms with E-state index in [2.05, 4.69) is 5.32 Å². The third-order valence-corrected chi connectivity index (χ3v) is 4.67. The summed E-state index contributed by atoms with van der Waals surface area (Å²) in [7, 11) is 1.73. The van der Waals surface area contributed by atoms with Gasteiger partial charge < -0.3 is 10.2 Å². The van der Waals surface area contributed by atoms with Crippen molar-refractivity contribution < 1.29 is 9.59 Å². The van der Waals surface area contributed by atoms with E-state index in [4.69, 9.17) is 0 Å². The van der Waals surface area contributed by atoms with Crippen LogP contribution in [0.25, 0.3) is 0 Å². The Morgan fingerprint density at radius 2 is 1.90 bits per heavy atom. The standard InChI is InChI=1S/C17H22N2O2/c1-19-15(20)11-12-7-5-6-10-14(12)16(19)17(21)18-13-8-3-2-4-9-13/h5-7,10,13,16H,2-4,8-9,11H2,1H3,(H,18,21). The average molecular weight is 286 g/mol. The summed E-state index contributed by atoms with van der Waals surface area (Å²) in [5, 5.41) is 3.15. The Labute approximate surface area is 125 Å². The van der Waals surface area contributed by atoms with Crippen molar-refractivity contribution in [1.29, 1.82) is 0 Å². The highest BCUT2D eigenvalue weighted by molar-refractivity contribution is 5.92. The minimum absolute atomic E-state index is 0.0116. The molecule has 1 N–H and O–H groups in total. The molecule has 0 aromatic heterocycles. The summed E-state index contributed by atoms with van der Waals surface area (Å²) in [6.07, 6.45) is 6.12. The fraction of sp³-hybridized carbons (Fsp3) is 0.529. The van der Waals surface area contributed by atoms with Crippen molar-refractivity contribution >= 4 is 11.8 Å². The SMILES string of the molecule is CN1C(=O)Cc2ccccc2C1C(=O)NC1CCCCC1. The number of amides is 2. The van der Waals surface area contributed by atoms with Crippen LogP contribution in [0.4, 0.5) is 0 Å². The Hall–Kier alpha value is -1.84. The highest BCUT2D eigenvalue weighted by Crippen LogP contribution is 2.30. The van der Waals surface area contributed by atoms with Gasteiger partial charge in [-0.15, -0.1) is 0 Å². The number of hydrogen-bond acceptors (Lipinski definition) is 2. The lowest BCUT2D eigenvalue weighted by Gasteiger charge is -2.35. The Morgan fingerprint density at radius 3 is 2.67 bits per heavy atom. The van der Waals surface area contributed by atoms with Crippen molar-refractivity contribution in [3.8, 4) is 0 Å². The number of hydrogen-bond donors (Lipinski definition) is 1. The molecule has 0 saturated heterocycles. The van der Waals surface area contributed by atoms with E-state index in [-0.39, 0.29) is 17.9 Å². The van der Waals surface area contributed by atoms with Gasteiger partial charge in [-0.25, -0.2) is 0 Å². The van der Waals surface area contributed by atoms with Gasteiger partial charge in [0.2, 0.25) is 11.8 Å². The molecule has 1 aliphatic heterocycles. The van der Waals surface area contributed by atoms with Crippen LogP contribution in [0.2, 0.25) is 0 Å². The van der Waals surface area contributed by atoms with Gasteiger partial charge in [-0.1, -0.05) is 43.5 Å². The Kier molecular flexibility index (Phi) is 3.95. The Balaban J connectivity index is 1.82. The second kappa shape index (κ2) is 5.88. The largest absolute Gasteiger partial charge is 0.351 e. The molecule has 3 rings (SSSR count). The highest BCUT2D eigenvalue weighted by atomic mass is 16.2. The maximum absolute atomic E-state index is 12.7. The summed E-state index contributed by atoms with van der Waals surface area (Å²) in [6.45, 7) is 0. The monoisotopic (exact) mass is 286 g/mol. The molecule has 21 heavy (non-hydrogen) atoms. The van der Waals surface area contributed by atoms with Crippen molar-refractivity contribution in [1.82, 2.24) is 10.2 Å². The van der Waals surface area contributed by atoms with Crippen molar-refractivity contribution in [2.45, 2.75) is 50.6 Å². The first-order chi connectivity index (χ1) is 10.2. The molecular formula is C17H22N2O2. The van der Waals surface area contributed by atoms with Crippen LogP contribution in [0.3, 0.4) is 0 Å². The molecule has 0 bridgehead atoms. The van der Waals surface area contributed by atoms with Gasteiger partial charge in [0.15, 0.2) is 0 Å². The minimum atomic E-state index is -0.482. The predicted octanol–water partition coefficient (Wildman–Crippen LogP) is 2.19. The summed E-state index contributed by atoms with van der Waals surface area (Å²) in [5.41, 5.74) is 1.94. The van der Waals surface area contributed by atoms with Gasteiger partial charge >= 0.3 is 0 Å². The maximum Gasteiger partial charge on any atom is 0.247 e. The second-order valence-corrected chi connectivity index (χ2v) is 6.13. The number of nitrogens with one attached hydrogen (secondary N) is 1. The van der Waals surface area contributed by atoms with E-state index in [1.165, 1.54) is 19.3 Å². The molecule has 4 nitrogen and oxygen atoms in total. The lowest BCUT2D eigenvalue weighted by molar-refractivity contribution is -0.140. The predicted molar refractivity (Wildman–Crippen MR) is 80.7 cm³/mol. The van der Waals surface area contributed by atoms with Crippen LogP contribution in [-0.4, -0.2) is 29.8 Å². The van der Waals surface area contributed by atoms with E-state index in [1.54, 1.807) is 11.9 Å². The lowest BCUT2D eigenvalue weighted by atomic mass is 9.91. The third-order valence-electron chi connectivity index (χ3n) is 4.67. The molecule has 1 aromatic carbocycles. The quantitative estimate of drug-likeness (QED) is 0.906. The topological polar surface area (TPSA) is 49.4 Å². The van der Waals surface area contributed by atoms with Gasteiger partial charge in [-0.2, -0.15) is 0 Å². The normalized spacial score (nSPS) is 22.8.